The fourth-order valence-corrected chi connectivity index (χ4v) is 5.02. The van der Waals surface area contributed by atoms with E-state index in [0.29, 0.717) is 23.6 Å². The van der Waals surface area contributed by atoms with Crippen molar-refractivity contribution in [2.24, 2.45) is 0 Å². The largest absolute Gasteiger partial charge is 0.467 e. The first-order valence-corrected chi connectivity index (χ1v) is 11.3. The Kier molecular flexibility index (Phi) is 5.12. The van der Waals surface area contributed by atoms with Gasteiger partial charge in [0.25, 0.3) is 5.91 Å². The van der Waals surface area contributed by atoms with Crippen LogP contribution in [0.25, 0.3) is 11.1 Å². The van der Waals surface area contributed by atoms with Crippen molar-refractivity contribution >= 4 is 22.9 Å². The zero-order valence-electron chi connectivity index (χ0n) is 17.9. The minimum absolute atomic E-state index is 0.103. The van der Waals surface area contributed by atoms with Crippen molar-refractivity contribution < 1.29 is 18.4 Å². The quantitative estimate of drug-likeness (QED) is 0.671. The van der Waals surface area contributed by atoms with Gasteiger partial charge >= 0.3 is 0 Å². The smallest absolute Gasteiger partial charge is 0.272 e. The van der Waals surface area contributed by atoms with E-state index in [1.165, 1.54) is 19.3 Å². The molecular weight excluding hydrogens is 394 g/mol. The summed E-state index contributed by atoms with van der Waals surface area (Å²) >= 11 is 0. The fourth-order valence-electron chi connectivity index (χ4n) is 5.02. The van der Waals surface area contributed by atoms with Crippen LogP contribution >= 0.6 is 0 Å². The Morgan fingerprint density at radius 1 is 1.13 bits per heavy atom. The van der Waals surface area contributed by atoms with Gasteiger partial charge in [0.05, 0.1) is 31.1 Å². The molecule has 0 unspecified atom stereocenters. The van der Waals surface area contributed by atoms with E-state index >= 15 is 0 Å². The van der Waals surface area contributed by atoms with Gasteiger partial charge in [0.15, 0.2) is 5.58 Å². The monoisotopic (exact) mass is 423 g/mol. The van der Waals surface area contributed by atoms with Gasteiger partial charge in [0.2, 0.25) is 5.91 Å². The molecule has 0 radical (unpaired) electrons. The van der Waals surface area contributed by atoms with Crippen LogP contribution in [0.15, 0.2) is 45.6 Å². The van der Waals surface area contributed by atoms with Gasteiger partial charge in [-0.2, -0.15) is 0 Å². The SMILES string of the molecule is C[C@@]1(C(=O)NC2CCCCCCC2)Cn2c(cc3occc32)C(=O)N1Cc1ccco1. The normalized spacial score (nSPS) is 22.9. The molecule has 7 heteroatoms. The first kappa shape index (κ1) is 20.0. The van der Waals surface area contributed by atoms with Crippen LogP contribution in [-0.2, 0) is 17.9 Å². The third kappa shape index (κ3) is 3.56. The van der Waals surface area contributed by atoms with Crippen LogP contribution in [0.1, 0.15) is 68.1 Å². The molecule has 1 fully saturated rings. The second kappa shape index (κ2) is 7.94. The Bertz CT molecular complexity index is 1070. The average molecular weight is 424 g/mol. The van der Waals surface area contributed by atoms with Gasteiger partial charge in [-0.3, -0.25) is 9.59 Å². The number of fused-ring (bicyclic) bond motifs is 3. The van der Waals surface area contributed by atoms with E-state index in [9.17, 15) is 9.59 Å². The molecule has 5 rings (SSSR count). The summed E-state index contributed by atoms with van der Waals surface area (Å²) < 4.78 is 13.0. The van der Waals surface area contributed by atoms with Gasteiger partial charge in [-0.1, -0.05) is 32.1 Å². The van der Waals surface area contributed by atoms with Gasteiger partial charge in [0, 0.05) is 18.2 Å². The molecule has 4 heterocycles. The maximum Gasteiger partial charge on any atom is 0.272 e. The van der Waals surface area contributed by atoms with E-state index in [0.717, 1.165) is 31.2 Å². The van der Waals surface area contributed by atoms with Gasteiger partial charge < -0.3 is 23.6 Å². The molecule has 1 N–H and O–H groups in total. The Labute approximate surface area is 181 Å². The second-order valence-electron chi connectivity index (χ2n) is 9.05. The van der Waals surface area contributed by atoms with E-state index in [1.807, 2.05) is 23.6 Å². The maximum atomic E-state index is 13.7. The number of carbonyl (C=O) groups is 2. The molecule has 31 heavy (non-hydrogen) atoms. The topological polar surface area (TPSA) is 80.6 Å². The lowest BCUT2D eigenvalue weighted by atomic mass is 9.92. The molecule has 2 aliphatic rings. The molecule has 7 nitrogen and oxygen atoms in total. The number of rotatable bonds is 4. The molecule has 164 valence electrons. The molecule has 0 spiro atoms. The summed E-state index contributed by atoms with van der Waals surface area (Å²) in [5.41, 5.74) is 0.997. The van der Waals surface area contributed by atoms with Crippen LogP contribution in [0.4, 0.5) is 0 Å². The van der Waals surface area contributed by atoms with E-state index < -0.39 is 5.54 Å². The highest BCUT2D eigenvalue weighted by Crippen LogP contribution is 2.34. The van der Waals surface area contributed by atoms with E-state index in [1.54, 1.807) is 29.6 Å². The van der Waals surface area contributed by atoms with Crippen molar-refractivity contribution in [1.29, 1.82) is 0 Å². The number of nitrogens with zero attached hydrogens (tertiary/aromatic N) is 2. The lowest BCUT2D eigenvalue weighted by molar-refractivity contribution is -0.134. The predicted molar refractivity (Wildman–Crippen MR) is 115 cm³/mol. The van der Waals surface area contributed by atoms with Gasteiger partial charge in [-0.25, -0.2) is 0 Å². The van der Waals surface area contributed by atoms with Crippen LogP contribution in [0.2, 0.25) is 0 Å². The lowest BCUT2D eigenvalue weighted by Crippen LogP contribution is -2.64. The van der Waals surface area contributed by atoms with Crippen molar-refractivity contribution in [3.05, 3.63) is 48.2 Å². The first-order chi connectivity index (χ1) is 15.1. The molecule has 0 aromatic carbocycles. The Balaban J connectivity index is 1.48. The number of aromatic nitrogens is 1. The molecule has 0 saturated heterocycles. The summed E-state index contributed by atoms with van der Waals surface area (Å²) in [5, 5.41) is 3.29. The Hall–Kier alpha value is -2.96. The number of carbonyl (C=O) groups excluding carboxylic acids is 2. The maximum absolute atomic E-state index is 13.7. The van der Waals surface area contributed by atoms with Crippen molar-refractivity contribution in [2.45, 2.75) is 76.5 Å². The molecule has 3 aromatic rings. The number of amides is 2. The second-order valence-corrected chi connectivity index (χ2v) is 9.05. The van der Waals surface area contributed by atoms with Crippen molar-refractivity contribution in [1.82, 2.24) is 14.8 Å². The molecule has 3 aromatic heterocycles. The highest BCUT2D eigenvalue weighted by molar-refractivity contribution is 6.02. The average Bonchev–Trinajstić information content (AvgIpc) is 3.46. The molecule has 1 atom stereocenters. The summed E-state index contributed by atoms with van der Waals surface area (Å²) in [4.78, 5) is 28.9. The minimum atomic E-state index is -1.04. The van der Waals surface area contributed by atoms with E-state index in [2.05, 4.69) is 5.32 Å². The molecule has 2 amide bonds. The summed E-state index contributed by atoms with van der Waals surface area (Å²) in [7, 11) is 0. The lowest BCUT2D eigenvalue weighted by Gasteiger charge is -2.44. The van der Waals surface area contributed by atoms with Gasteiger partial charge in [-0.05, 0) is 31.9 Å². The van der Waals surface area contributed by atoms with Crippen molar-refractivity contribution in [3.8, 4) is 0 Å². The third-order valence-electron chi connectivity index (χ3n) is 6.87. The van der Waals surface area contributed by atoms with E-state index in [4.69, 9.17) is 8.83 Å². The summed E-state index contributed by atoms with van der Waals surface area (Å²) in [5.74, 6) is 0.361. The summed E-state index contributed by atoms with van der Waals surface area (Å²) in [6.07, 6.45) is 11.2. The Morgan fingerprint density at radius 3 is 2.65 bits per heavy atom. The van der Waals surface area contributed by atoms with E-state index in [-0.39, 0.29) is 24.4 Å². The predicted octanol–water partition coefficient (Wildman–Crippen LogP) is 4.47. The van der Waals surface area contributed by atoms with Gasteiger partial charge in [-0.15, -0.1) is 0 Å². The molecule has 1 saturated carbocycles. The zero-order valence-corrected chi connectivity index (χ0v) is 17.9. The zero-order chi connectivity index (χ0) is 21.4. The Morgan fingerprint density at radius 2 is 1.90 bits per heavy atom. The standard InChI is InChI=1S/C24H29N3O4/c1-24(23(29)25-17-8-5-3-2-4-6-9-17)16-26-19-11-13-31-21(19)14-20(26)22(28)27(24)15-18-10-7-12-30-18/h7,10-14,17H,2-6,8-9,15-16H2,1H3,(H,25,29)/t24-/m0/s1. The number of furan rings is 2. The van der Waals surface area contributed by atoms with Crippen LogP contribution in [-0.4, -0.2) is 32.9 Å². The summed E-state index contributed by atoms with van der Waals surface area (Å²) in [6, 6.07) is 7.40. The van der Waals surface area contributed by atoms with Gasteiger partial charge in [0.1, 0.15) is 17.0 Å². The summed E-state index contributed by atoms with van der Waals surface area (Å²) in [6.45, 7) is 2.48. The molecular formula is C24H29N3O4. The number of hydrogen-bond acceptors (Lipinski definition) is 4. The number of nitrogens with one attached hydrogen (secondary N) is 1. The van der Waals surface area contributed by atoms with Crippen molar-refractivity contribution in [3.63, 3.8) is 0 Å². The third-order valence-corrected chi connectivity index (χ3v) is 6.87. The highest BCUT2D eigenvalue weighted by atomic mass is 16.3. The number of hydrogen-bond donors (Lipinski definition) is 1. The molecule has 0 bridgehead atoms. The van der Waals surface area contributed by atoms with Crippen molar-refractivity contribution in [2.75, 3.05) is 0 Å². The van der Waals surface area contributed by atoms with Crippen LogP contribution < -0.4 is 5.32 Å². The van der Waals surface area contributed by atoms with Crippen LogP contribution in [0.5, 0.6) is 0 Å². The molecule has 1 aliphatic carbocycles. The van der Waals surface area contributed by atoms with Crippen LogP contribution in [0, 0.1) is 0 Å². The van der Waals surface area contributed by atoms with Crippen LogP contribution in [0.3, 0.4) is 0 Å². The fraction of sp³-hybridized carbons (Fsp3) is 0.500. The highest BCUT2D eigenvalue weighted by Gasteiger charge is 2.48. The minimum Gasteiger partial charge on any atom is -0.467 e. The molecule has 1 aliphatic heterocycles. The first-order valence-electron chi connectivity index (χ1n) is 11.3.